The highest BCUT2D eigenvalue weighted by atomic mass is 35.5. The number of anilines is 3. The molecule has 0 bridgehead atoms. The standard InChI is InChI=1S/C18H15NO.C15H14ClNO.C15H15NO2/c1-19(17-9-3-2-4-10-17)18(20)16-12-11-14-7-5-6-8-15(14)13-16;1-2-17(14-10-8-13(16)9-11-14)15(18)12-6-4-3-5-7-12;1-16(14-5-3-2-4-6-14)15(18)13-9-7-12(11-17)8-10-13/h2-13H,1H3;3-11H,2H2,1H3;2-10,17H,11H2,1H3. The SMILES string of the molecule is CCN(C(=O)c1ccccc1)c1ccc(Cl)cc1.CN(C(=O)c1ccc(CO)cc1)c1ccccc1.CN(C(=O)c1ccc2ccccc2c1)c1ccccc1. The zero-order valence-electron chi connectivity index (χ0n) is 31.6. The van der Waals surface area contributed by atoms with Crippen LogP contribution in [0.4, 0.5) is 17.1 Å². The number of aliphatic hydroxyl groups is 1. The number of hydrogen-bond donors (Lipinski definition) is 1. The molecule has 7 rings (SSSR count). The van der Waals surface area contributed by atoms with Gasteiger partial charge >= 0.3 is 0 Å². The summed E-state index contributed by atoms with van der Waals surface area (Å²) in [6, 6.07) is 56.5. The van der Waals surface area contributed by atoms with E-state index in [0.29, 0.717) is 28.3 Å². The molecule has 0 heterocycles. The van der Waals surface area contributed by atoms with E-state index >= 15 is 0 Å². The van der Waals surface area contributed by atoms with E-state index in [4.69, 9.17) is 16.7 Å². The highest BCUT2D eigenvalue weighted by molar-refractivity contribution is 6.30. The Morgan fingerprint density at radius 2 is 0.929 bits per heavy atom. The molecule has 1 N–H and O–H groups in total. The van der Waals surface area contributed by atoms with Crippen LogP contribution in [0, 0.1) is 0 Å². The maximum absolute atomic E-state index is 12.5. The van der Waals surface area contributed by atoms with Crippen LogP contribution in [0.3, 0.4) is 0 Å². The Balaban J connectivity index is 0.000000161. The molecule has 0 aliphatic heterocycles. The molecule has 7 nitrogen and oxygen atoms in total. The van der Waals surface area contributed by atoms with Crippen LogP contribution < -0.4 is 14.7 Å². The van der Waals surface area contributed by atoms with Crippen LogP contribution in [0.1, 0.15) is 43.6 Å². The van der Waals surface area contributed by atoms with Gasteiger partial charge in [0.2, 0.25) is 0 Å². The molecule has 7 aromatic carbocycles. The number of halogens is 1. The fourth-order valence-corrected chi connectivity index (χ4v) is 5.93. The zero-order chi connectivity index (χ0) is 39.9. The zero-order valence-corrected chi connectivity index (χ0v) is 32.4. The van der Waals surface area contributed by atoms with Gasteiger partial charge in [-0.3, -0.25) is 14.4 Å². The van der Waals surface area contributed by atoms with Gasteiger partial charge in [-0.2, -0.15) is 0 Å². The number of para-hydroxylation sites is 2. The number of nitrogens with zero attached hydrogens (tertiary/aromatic N) is 3. The molecule has 282 valence electrons. The summed E-state index contributed by atoms with van der Waals surface area (Å²) in [7, 11) is 3.55. The number of carbonyl (C=O) groups is 3. The third kappa shape index (κ3) is 10.8. The second-order valence-corrected chi connectivity index (χ2v) is 13.1. The van der Waals surface area contributed by atoms with Gasteiger partial charge in [0.1, 0.15) is 0 Å². The quantitative estimate of drug-likeness (QED) is 0.167. The van der Waals surface area contributed by atoms with Crippen molar-refractivity contribution in [3.05, 3.63) is 209 Å². The Morgan fingerprint density at radius 3 is 1.45 bits per heavy atom. The summed E-state index contributed by atoms with van der Waals surface area (Å²) in [6.45, 7) is 2.56. The summed E-state index contributed by atoms with van der Waals surface area (Å²) in [4.78, 5) is 42.1. The first-order chi connectivity index (χ1) is 27.2. The summed E-state index contributed by atoms with van der Waals surface area (Å²) in [6.07, 6.45) is 0. The largest absolute Gasteiger partial charge is 0.392 e. The average Bonchev–Trinajstić information content (AvgIpc) is 3.27. The van der Waals surface area contributed by atoms with Crippen LogP contribution >= 0.6 is 11.6 Å². The Kier molecular flexibility index (Phi) is 14.7. The monoisotopic (exact) mass is 761 g/mol. The second kappa shape index (κ2) is 20.2. The minimum Gasteiger partial charge on any atom is -0.392 e. The van der Waals surface area contributed by atoms with Crippen LogP contribution in [0.25, 0.3) is 10.8 Å². The summed E-state index contributed by atoms with van der Waals surface area (Å²) in [5, 5.41) is 11.9. The molecule has 0 aliphatic carbocycles. The Bertz CT molecular complexity index is 2320. The number of amides is 3. The van der Waals surface area contributed by atoms with Crippen LogP contribution in [0.5, 0.6) is 0 Å². The highest BCUT2D eigenvalue weighted by Crippen LogP contribution is 2.21. The van der Waals surface area contributed by atoms with Crippen LogP contribution in [0.2, 0.25) is 5.02 Å². The summed E-state index contributed by atoms with van der Waals surface area (Å²) < 4.78 is 0. The van der Waals surface area contributed by atoms with Crippen molar-refractivity contribution in [2.45, 2.75) is 13.5 Å². The predicted octanol–water partition coefficient (Wildman–Crippen LogP) is 10.6. The van der Waals surface area contributed by atoms with Crippen molar-refractivity contribution in [1.82, 2.24) is 0 Å². The summed E-state index contributed by atoms with van der Waals surface area (Å²) in [5.41, 5.74) is 5.41. The first kappa shape index (κ1) is 40.6. The normalized spacial score (nSPS) is 10.2. The van der Waals surface area contributed by atoms with Gasteiger partial charge in [-0.05, 0) is 108 Å². The van der Waals surface area contributed by atoms with Gasteiger partial charge in [0, 0.05) is 59.4 Å². The van der Waals surface area contributed by atoms with Crippen molar-refractivity contribution >= 4 is 57.2 Å². The van der Waals surface area contributed by atoms with Gasteiger partial charge in [0.15, 0.2) is 0 Å². The highest BCUT2D eigenvalue weighted by Gasteiger charge is 2.16. The lowest BCUT2D eigenvalue weighted by atomic mass is 10.1. The molecule has 7 aromatic rings. The van der Waals surface area contributed by atoms with Crippen molar-refractivity contribution in [2.75, 3.05) is 35.3 Å². The van der Waals surface area contributed by atoms with Gasteiger partial charge in [0.25, 0.3) is 17.7 Å². The van der Waals surface area contributed by atoms with Gasteiger partial charge in [-0.25, -0.2) is 0 Å². The second-order valence-electron chi connectivity index (χ2n) is 12.7. The van der Waals surface area contributed by atoms with Crippen molar-refractivity contribution in [1.29, 1.82) is 0 Å². The Morgan fingerprint density at radius 1 is 0.482 bits per heavy atom. The molecule has 0 saturated heterocycles. The first-order valence-corrected chi connectivity index (χ1v) is 18.5. The van der Waals surface area contributed by atoms with Gasteiger partial charge in [-0.1, -0.05) is 109 Å². The van der Waals surface area contributed by atoms with E-state index in [1.165, 1.54) is 0 Å². The van der Waals surface area contributed by atoms with Gasteiger partial charge in [0.05, 0.1) is 6.61 Å². The molecule has 3 amide bonds. The van der Waals surface area contributed by atoms with Crippen molar-refractivity contribution in [2.24, 2.45) is 0 Å². The van der Waals surface area contributed by atoms with E-state index in [9.17, 15) is 14.4 Å². The molecule has 8 heteroatoms. The minimum atomic E-state index is -0.0642. The Hall–Kier alpha value is -6.54. The molecular formula is C48H44ClN3O4. The van der Waals surface area contributed by atoms with Crippen molar-refractivity contribution in [3.63, 3.8) is 0 Å². The fourth-order valence-electron chi connectivity index (χ4n) is 5.80. The van der Waals surface area contributed by atoms with Crippen LogP contribution in [0.15, 0.2) is 182 Å². The first-order valence-electron chi connectivity index (χ1n) is 18.2. The molecule has 0 saturated carbocycles. The lowest BCUT2D eigenvalue weighted by Crippen LogP contribution is -2.30. The third-order valence-corrected chi connectivity index (χ3v) is 9.25. The molecule has 56 heavy (non-hydrogen) atoms. The Labute approximate surface area is 333 Å². The minimum absolute atomic E-state index is 0.000391. The molecule has 0 radical (unpaired) electrons. The summed E-state index contributed by atoms with van der Waals surface area (Å²) in [5.74, 6) is -0.0620. The maximum atomic E-state index is 12.5. The van der Waals surface area contributed by atoms with E-state index in [1.807, 2.05) is 153 Å². The van der Waals surface area contributed by atoms with Gasteiger partial charge < -0.3 is 19.8 Å². The smallest absolute Gasteiger partial charge is 0.258 e. The lowest BCUT2D eigenvalue weighted by molar-refractivity contribution is 0.0982. The molecule has 0 aliphatic rings. The van der Waals surface area contributed by atoms with Crippen LogP contribution in [-0.4, -0.2) is 43.5 Å². The number of aliphatic hydroxyl groups excluding tert-OH is 1. The number of carbonyl (C=O) groups excluding carboxylic acids is 3. The van der Waals surface area contributed by atoms with Crippen LogP contribution in [-0.2, 0) is 6.61 Å². The van der Waals surface area contributed by atoms with E-state index in [1.54, 1.807) is 65.2 Å². The lowest BCUT2D eigenvalue weighted by Gasteiger charge is -2.21. The number of benzene rings is 7. The van der Waals surface area contributed by atoms with E-state index in [0.717, 1.165) is 33.4 Å². The molecule has 0 unspecified atom stereocenters. The van der Waals surface area contributed by atoms with Crippen molar-refractivity contribution in [3.8, 4) is 0 Å². The predicted molar refractivity (Wildman–Crippen MR) is 230 cm³/mol. The maximum Gasteiger partial charge on any atom is 0.258 e. The average molecular weight is 762 g/mol. The van der Waals surface area contributed by atoms with E-state index in [2.05, 4.69) is 0 Å². The van der Waals surface area contributed by atoms with E-state index < -0.39 is 0 Å². The molecule has 0 aromatic heterocycles. The topological polar surface area (TPSA) is 81.2 Å². The number of fused-ring (bicyclic) bond motifs is 1. The van der Waals surface area contributed by atoms with Gasteiger partial charge in [-0.15, -0.1) is 0 Å². The van der Waals surface area contributed by atoms with E-state index in [-0.39, 0.29) is 24.3 Å². The number of rotatable bonds is 8. The summed E-state index contributed by atoms with van der Waals surface area (Å²) >= 11 is 5.85. The van der Waals surface area contributed by atoms with Crippen molar-refractivity contribution < 1.29 is 19.5 Å². The third-order valence-electron chi connectivity index (χ3n) is 9.00. The molecule has 0 fully saturated rings. The number of hydrogen-bond acceptors (Lipinski definition) is 4. The molecule has 0 spiro atoms. The fraction of sp³-hybridized carbons (Fsp3) is 0.104. The molecule has 0 atom stereocenters. The molecular weight excluding hydrogens is 718 g/mol.